The van der Waals surface area contributed by atoms with Crippen molar-refractivity contribution in [3.63, 3.8) is 0 Å². The van der Waals surface area contributed by atoms with E-state index in [2.05, 4.69) is 64.6 Å². The summed E-state index contributed by atoms with van der Waals surface area (Å²) in [5.74, 6) is 0. The van der Waals surface area contributed by atoms with Crippen LogP contribution in [-0.2, 0) is 6.42 Å². The zero-order chi connectivity index (χ0) is 16.0. The van der Waals surface area contributed by atoms with Crippen LogP contribution in [0.15, 0.2) is 18.2 Å². The van der Waals surface area contributed by atoms with Crippen LogP contribution >= 0.6 is 0 Å². The summed E-state index contributed by atoms with van der Waals surface area (Å²) in [6, 6.07) is 6.71. The van der Waals surface area contributed by atoms with Crippen molar-refractivity contribution in [2.24, 2.45) is 5.73 Å². The molecule has 0 heterocycles. The van der Waals surface area contributed by atoms with E-state index >= 15 is 0 Å². The molecule has 120 valence electrons. The van der Waals surface area contributed by atoms with Crippen LogP contribution in [0.25, 0.3) is 0 Å². The van der Waals surface area contributed by atoms with Crippen LogP contribution in [0.2, 0.25) is 0 Å². The summed E-state index contributed by atoms with van der Waals surface area (Å²) in [5, 5.41) is 0. The van der Waals surface area contributed by atoms with Crippen molar-refractivity contribution in [2.45, 2.75) is 72.4 Å². The lowest BCUT2D eigenvalue weighted by molar-refractivity contribution is 0.0627. The summed E-state index contributed by atoms with van der Waals surface area (Å²) < 4.78 is 0. The van der Waals surface area contributed by atoms with Crippen LogP contribution < -0.4 is 5.73 Å². The highest BCUT2D eigenvalue weighted by Crippen LogP contribution is 2.30. The fraction of sp³-hybridized carbons (Fsp3) is 0.684. The predicted octanol–water partition coefficient (Wildman–Crippen LogP) is 4.07. The van der Waals surface area contributed by atoms with E-state index in [9.17, 15) is 0 Å². The molecule has 0 saturated heterocycles. The van der Waals surface area contributed by atoms with Gasteiger partial charge >= 0.3 is 0 Å². The van der Waals surface area contributed by atoms with Gasteiger partial charge in [0.1, 0.15) is 0 Å². The van der Waals surface area contributed by atoms with E-state index in [1.54, 1.807) is 0 Å². The van der Waals surface area contributed by atoms with Crippen molar-refractivity contribution >= 4 is 0 Å². The summed E-state index contributed by atoms with van der Waals surface area (Å²) in [6.45, 7) is 15.6. The molecular formula is C19H34N2. The molecule has 0 aliphatic heterocycles. The summed E-state index contributed by atoms with van der Waals surface area (Å²) in [4.78, 5) is 2.56. The summed E-state index contributed by atoms with van der Waals surface area (Å²) >= 11 is 0. The third kappa shape index (κ3) is 3.67. The van der Waals surface area contributed by atoms with Crippen LogP contribution in [0.3, 0.4) is 0 Å². The number of nitrogens with two attached hydrogens (primary N) is 1. The van der Waals surface area contributed by atoms with Gasteiger partial charge in [0, 0.05) is 11.6 Å². The molecule has 0 fully saturated rings. The Kier molecular flexibility index (Phi) is 6.89. The Morgan fingerprint density at radius 2 is 1.48 bits per heavy atom. The minimum Gasteiger partial charge on any atom is -0.326 e. The number of hydrogen-bond donors (Lipinski definition) is 1. The van der Waals surface area contributed by atoms with E-state index in [0.717, 1.165) is 32.4 Å². The maximum atomic E-state index is 6.75. The van der Waals surface area contributed by atoms with Crippen molar-refractivity contribution in [2.75, 3.05) is 13.1 Å². The van der Waals surface area contributed by atoms with Gasteiger partial charge in [0.05, 0.1) is 0 Å². The third-order valence-electron chi connectivity index (χ3n) is 5.38. The van der Waals surface area contributed by atoms with Crippen LogP contribution in [0.5, 0.6) is 0 Å². The molecule has 1 atom stereocenters. The second-order valence-corrected chi connectivity index (χ2v) is 6.16. The summed E-state index contributed by atoms with van der Waals surface area (Å²) in [5.41, 5.74) is 11.0. The smallest absolute Gasteiger partial charge is 0.0358 e. The number of aryl methyl sites for hydroxylation is 2. The maximum absolute atomic E-state index is 6.75. The Morgan fingerprint density at radius 1 is 1.00 bits per heavy atom. The molecular weight excluding hydrogens is 256 g/mol. The molecule has 1 aromatic rings. The third-order valence-corrected chi connectivity index (χ3v) is 5.38. The van der Waals surface area contributed by atoms with E-state index in [1.165, 1.54) is 16.7 Å². The van der Waals surface area contributed by atoms with Crippen molar-refractivity contribution in [3.05, 3.63) is 34.9 Å². The van der Waals surface area contributed by atoms with Crippen molar-refractivity contribution in [1.29, 1.82) is 0 Å². The van der Waals surface area contributed by atoms with Crippen LogP contribution in [0.1, 0.15) is 57.2 Å². The van der Waals surface area contributed by atoms with Crippen molar-refractivity contribution < 1.29 is 0 Å². The largest absolute Gasteiger partial charge is 0.326 e. The van der Waals surface area contributed by atoms with Crippen molar-refractivity contribution in [1.82, 2.24) is 4.90 Å². The quantitative estimate of drug-likeness (QED) is 0.782. The van der Waals surface area contributed by atoms with Crippen molar-refractivity contribution in [3.8, 4) is 0 Å². The van der Waals surface area contributed by atoms with Gasteiger partial charge in [-0.05, 0) is 62.9 Å². The van der Waals surface area contributed by atoms with Gasteiger partial charge in [-0.2, -0.15) is 0 Å². The van der Waals surface area contributed by atoms with Gasteiger partial charge in [-0.15, -0.1) is 0 Å². The molecule has 0 aliphatic carbocycles. The van der Waals surface area contributed by atoms with E-state index in [1.807, 2.05) is 0 Å². The Bertz CT molecular complexity index is 411. The standard InChI is InChI=1S/C19H34N2/c1-7-19(8-2,21(9-3)10-4)18(20)14-17-15(5)12-11-13-16(17)6/h11-13,18H,7-10,14,20H2,1-6H3. The van der Waals surface area contributed by atoms with E-state index in [-0.39, 0.29) is 11.6 Å². The van der Waals surface area contributed by atoms with Gasteiger partial charge in [-0.3, -0.25) is 4.90 Å². The number of likely N-dealkylation sites (N-methyl/N-ethyl adjacent to an activating group) is 1. The Morgan fingerprint density at radius 3 is 1.86 bits per heavy atom. The van der Waals surface area contributed by atoms with Gasteiger partial charge in [-0.1, -0.05) is 45.9 Å². The molecule has 0 aromatic heterocycles. The highest BCUT2D eigenvalue weighted by Gasteiger charge is 2.37. The van der Waals surface area contributed by atoms with Crippen LogP contribution in [0, 0.1) is 13.8 Å². The summed E-state index contributed by atoms with van der Waals surface area (Å²) in [6.07, 6.45) is 3.19. The minimum atomic E-state index is 0.109. The molecule has 0 amide bonds. The monoisotopic (exact) mass is 290 g/mol. The van der Waals surface area contributed by atoms with Crippen LogP contribution in [0.4, 0.5) is 0 Å². The van der Waals surface area contributed by atoms with Gasteiger partial charge < -0.3 is 5.73 Å². The number of hydrogen-bond acceptors (Lipinski definition) is 2. The fourth-order valence-electron chi connectivity index (χ4n) is 3.89. The van der Waals surface area contributed by atoms with Crippen LogP contribution in [-0.4, -0.2) is 29.6 Å². The van der Waals surface area contributed by atoms with E-state index < -0.39 is 0 Å². The molecule has 1 aromatic carbocycles. The van der Waals surface area contributed by atoms with Gasteiger partial charge in [0.15, 0.2) is 0 Å². The first-order valence-corrected chi connectivity index (χ1v) is 8.52. The zero-order valence-corrected chi connectivity index (χ0v) is 14.9. The molecule has 0 spiro atoms. The predicted molar refractivity (Wildman–Crippen MR) is 93.8 cm³/mol. The molecule has 2 nitrogen and oxygen atoms in total. The molecule has 1 unspecified atom stereocenters. The lowest BCUT2D eigenvalue weighted by atomic mass is 9.79. The highest BCUT2D eigenvalue weighted by molar-refractivity contribution is 5.34. The second-order valence-electron chi connectivity index (χ2n) is 6.16. The molecule has 2 N–H and O–H groups in total. The summed E-state index contributed by atoms with van der Waals surface area (Å²) in [7, 11) is 0. The topological polar surface area (TPSA) is 29.3 Å². The lowest BCUT2D eigenvalue weighted by Gasteiger charge is -2.47. The molecule has 0 aliphatic rings. The number of benzene rings is 1. The lowest BCUT2D eigenvalue weighted by Crippen LogP contribution is -2.60. The Balaban J connectivity index is 3.10. The molecule has 0 radical (unpaired) electrons. The first-order valence-electron chi connectivity index (χ1n) is 8.52. The molecule has 0 saturated carbocycles. The maximum Gasteiger partial charge on any atom is 0.0358 e. The molecule has 2 heteroatoms. The first kappa shape index (κ1) is 18.2. The SMILES string of the molecule is CCN(CC)C(CC)(CC)C(N)Cc1c(C)cccc1C. The molecule has 21 heavy (non-hydrogen) atoms. The van der Waals surface area contributed by atoms with Gasteiger partial charge in [-0.25, -0.2) is 0 Å². The average molecular weight is 290 g/mol. The zero-order valence-electron chi connectivity index (χ0n) is 14.9. The first-order chi connectivity index (χ1) is 9.96. The average Bonchev–Trinajstić information content (AvgIpc) is 2.48. The minimum absolute atomic E-state index is 0.109. The number of rotatable bonds is 8. The fourth-order valence-corrected chi connectivity index (χ4v) is 3.89. The Labute approximate surface area is 131 Å². The second kappa shape index (κ2) is 7.95. The van der Waals surface area contributed by atoms with E-state index in [0.29, 0.717) is 0 Å². The van der Waals surface area contributed by atoms with Gasteiger partial charge in [0.2, 0.25) is 0 Å². The molecule has 0 bridgehead atoms. The normalized spacial score (nSPS) is 13.7. The van der Waals surface area contributed by atoms with E-state index in [4.69, 9.17) is 5.73 Å². The molecule has 1 rings (SSSR count). The highest BCUT2D eigenvalue weighted by atomic mass is 15.2. The van der Waals surface area contributed by atoms with Gasteiger partial charge in [0.25, 0.3) is 0 Å². The number of nitrogens with zero attached hydrogens (tertiary/aromatic N) is 1. The Hall–Kier alpha value is -0.860.